The molecule has 6 nitrogen and oxygen atoms in total. The van der Waals surface area contributed by atoms with Crippen LogP contribution in [0.2, 0.25) is 10.0 Å². The molecule has 30 heavy (non-hydrogen) atoms. The van der Waals surface area contributed by atoms with Gasteiger partial charge in [-0.2, -0.15) is 0 Å². The van der Waals surface area contributed by atoms with Crippen LogP contribution >= 0.6 is 35.0 Å². The fraction of sp³-hybridized carbons (Fsp3) is 0.0952. The number of thioether (sulfide) groups is 1. The van der Waals surface area contributed by atoms with E-state index >= 15 is 0 Å². The molecule has 0 aromatic heterocycles. The summed E-state index contributed by atoms with van der Waals surface area (Å²) < 4.78 is 5.45. The van der Waals surface area contributed by atoms with Gasteiger partial charge in [-0.15, -0.1) is 0 Å². The number of carboxylic acid groups (broad SMARTS) is 1. The zero-order valence-corrected chi connectivity index (χ0v) is 18.1. The number of hydrogen-bond donors (Lipinski definition) is 1. The summed E-state index contributed by atoms with van der Waals surface area (Å²) in [4.78, 5) is 30.1. The number of carbonyl (C=O) groups is 2. The molecule has 3 rings (SSSR count). The Balaban J connectivity index is 1.86. The van der Waals surface area contributed by atoms with E-state index in [0.29, 0.717) is 33.1 Å². The van der Waals surface area contributed by atoms with Gasteiger partial charge in [-0.05, 0) is 53.7 Å². The van der Waals surface area contributed by atoms with Crippen molar-refractivity contribution in [1.82, 2.24) is 4.90 Å². The van der Waals surface area contributed by atoms with E-state index in [-0.39, 0.29) is 16.5 Å². The lowest BCUT2D eigenvalue weighted by molar-refractivity contribution is -0.121. The van der Waals surface area contributed by atoms with E-state index in [2.05, 4.69) is 11.6 Å². The molecule has 0 atom stereocenters. The number of ether oxygens (including phenoxy) is 1. The quantitative estimate of drug-likeness (QED) is 0.453. The van der Waals surface area contributed by atoms with E-state index in [4.69, 9.17) is 27.9 Å². The van der Waals surface area contributed by atoms with Gasteiger partial charge in [-0.1, -0.05) is 41.9 Å². The minimum absolute atomic E-state index is 0.0559. The normalized spacial score (nSPS) is 16.4. The molecule has 1 heterocycles. The van der Waals surface area contributed by atoms with E-state index in [1.807, 2.05) is 0 Å². The lowest BCUT2D eigenvalue weighted by atomic mass is 10.2. The number of halogens is 2. The Morgan fingerprint density at radius 1 is 1.27 bits per heavy atom. The second-order valence-electron chi connectivity index (χ2n) is 6.13. The van der Waals surface area contributed by atoms with E-state index in [9.17, 15) is 14.7 Å². The summed E-state index contributed by atoms with van der Waals surface area (Å²) in [6.45, 7) is 3.93. The SMILES string of the molecule is C=CCOc1ccc(/C=C2\SC(=Nc3ccc(Cl)c(C(=O)O)c3)N(C)C2=O)cc1Cl. The maximum Gasteiger partial charge on any atom is 0.337 e. The number of benzene rings is 2. The van der Waals surface area contributed by atoms with Crippen molar-refractivity contribution in [3.8, 4) is 5.75 Å². The Hall–Kier alpha value is -2.74. The number of amidine groups is 1. The van der Waals surface area contributed by atoms with Crippen LogP contribution in [-0.2, 0) is 4.79 Å². The molecule has 2 aromatic rings. The van der Waals surface area contributed by atoms with E-state index < -0.39 is 5.97 Å². The third kappa shape index (κ3) is 4.87. The fourth-order valence-corrected chi connectivity index (χ4v) is 3.96. The number of amides is 1. The van der Waals surface area contributed by atoms with Gasteiger partial charge >= 0.3 is 5.97 Å². The predicted molar refractivity (Wildman–Crippen MR) is 121 cm³/mol. The van der Waals surface area contributed by atoms with Crippen LogP contribution in [0.1, 0.15) is 15.9 Å². The van der Waals surface area contributed by atoms with Crippen molar-refractivity contribution < 1.29 is 19.4 Å². The van der Waals surface area contributed by atoms with Gasteiger partial charge in [-0.3, -0.25) is 9.69 Å². The first-order valence-electron chi connectivity index (χ1n) is 8.62. The van der Waals surface area contributed by atoms with Crippen LogP contribution in [0.3, 0.4) is 0 Å². The summed E-state index contributed by atoms with van der Waals surface area (Å²) in [5, 5.41) is 10.2. The minimum Gasteiger partial charge on any atom is -0.488 e. The molecule has 9 heteroatoms. The van der Waals surface area contributed by atoms with Crippen molar-refractivity contribution >= 4 is 63.8 Å². The number of aliphatic imine (C=N–C) groups is 1. The highest BCUT2D eigenvalue weighted by Crippen LogP contribution is 2.35. The zero-order chi connectivity index (χ0) is 21.8. The molecule has 1 fully saturated rings. The molecule has 154 valence electrons. The molecule has 0 aliphatic carbocycles. The minimum atomic E-state index is -1.15. The van der Waals surface area contributed by atoms with E-state index in [0.717, 1.165) is 5.56 Å². The predicted octanol–water partition coefficient (Wildman–Crippen LogP) is 5.49. The molecule has 1 saturated heterocycles. The van der Waals surface area contributed by atoms with Crippen LogP contribution < -0.4 is 4.74 Å². The third-order valence-corrected chi connectivity index (χ3v) is 5.70. The van der Waals surface area contributed by atoms with Crippen LogP contribution in [0, 0.1) is 0 Å². The number of likely N-dealkylation sites (N-methyl/N-ethyl adjacent to an activating group) is 1. The molecule has 1 aliphatic rings. The summed E-state index contributed by atoms with van der Waals surface area (Å²) in [6.07, 6.45) is 3.33. The summed E-state index contributed by atoms with van der Waals surface area (Å²) in [5.74, 6) is -0.849. The summed E-state index contributed by atoms with van der Waals surface area (Å²) in [5.41, 5.74) is 1.06. The third-order valence-electron chi connectivity index (χ3n) is 4.02. The maximum atomic E-state index is 12.6. The van der Waals surface area contributed by atoms with Gasteiger partial charge < -0.3 is 9.84 Å². The topological polar surface area (TPSA) is 79.2 Å². The highest BCUT2D eigenvalue weighted by atomic mass is 35.5. The highest BCUT2D eigenvalue weighted by molar-refractivity contribution is 8.18. The average Bonchev–Trinajstić information content (AvgIpc) is 2.96. The Labute approximate surface area is 187 Å². The Morgan fingerprint density at radius 2 is 2.03 bits per heavy atom. The van der Waals surface area contributed by atoms with Crippen LogP contribution in [0.15, 0.2) is 59.0 Å². The number of aromatic carboxylic acids is 1. The van der Waals surface area contributed by atoms with Crippen molar-refractivity contribution in [1.29, 1.82) is 0 Å². The molecule has 0 radical (unpaired) electrons. The van der Waals surface area contributed by atoms with Crippen molar-refractivity contribution in [2.24, 2.45) is 4.99 Å². The summed E-state index contributed by atoms with van der Waals surface area (Å²) in [6, 6.07) is 9.62. The number of carbonyl (C=O) groups excluding carboxylic acids is 1. The van der Waals surface area contributed by atoms with Crippen molar-refractivity contribution in [2.75, 3.05) is 13.7 Å². The summed E-state index contributed by atoms with van der Waals surface area (Å²) in [7, 11) is 1.60. The van der Waals surface area contributed by atoms with Gasteiger partial charge in [0.2, 0.25) is 0 Å². The Kier molecular flexibility index (Phi) is 6.87. The first-order valence-corrected chi connectivity index (χ1v) is 10.2. The molecule has 1 aliphatic heterocycles. The Morgan fingerprint density at radius 3 is 2.70 bits per heavy atom. The van der Waals surface area contributed by atoms with Crippen LogP contribution in [0.25, 0.3) is 6.08 Å². The number of rotatable bonds is 6. The molecule has 0 saturated carbocycles. The molecule has 2 aromatic carbocycles. The Bertz CT molecular complexity index is 1100. The van der Waals surface area contributed by atoms with Gasteiger partial charge in [-0.25, -0.2) is 9.79 Å². The number of carboxylic acids is 1. The first kappa shape index (κ1) is 22.0. The van der Waals surface area contributed by atoms with Crippen LogP contribution in [-0.4, -0.2) is 40.7 Å². The second-order valence-corrected chi connectivity index (χ2v) is 7.95. The van der Waals surface area contributed by atoms with E-state index in [1.165, 1.54) is 28.8 Å². The standard InChI is InChI=1S/C21H16Cl2N2O4S/c1-3-8-29-17-7-4-12(9-16(17)23)10-18-19(26)25(2)21(30-18)24-13-5-6-15(22)14(11-13)20(27)28/h3-7,9-11H,1,8H2,2H3,(H,27,28)/b18-10-,24-21?. The number of nitrogens with zero attached hydrogens (tertiary/aromatic N) is 2. The van der Waals surface area contributed by atoms with Crippen LogP contribution in [0.5, 0.6) is 5.75 Å². The molecule has 0 spiro atoms. The van der Waals surface area contributed by atoms with Crippen molar-refractivity contribution in [3.05, 3.63) is 75.1 Å². The lowest BCUT2D eigenvalue weighted by Crippen LogP contribution is -2.23. The monoisotopic (exact) mass is 462 g/mol. The fourth-order valence-electron chi connectivity index (χ4n) is 2.53. The van der Waals surface area contributed by atoms with E-state index in [1.54, 1.807) is 43.5 Å². The van der Waals surface area contributed by atoms with Crippen molar-refractivity contribution in [2.45, 2.75) is 0 Å². The summed E-state index contributed by atoms with van der Waals surface area (Å²) >= 11 is 13.3. The zero-order valence-electron chi connectivity index (χ0n) is 15.8. The second kappa shape index (κ2) is 9.38. The van der Waals surface area contributed by atoms with Gasteiger partial charge in [0.15, 0.2) is 5.17 Å². The van der Waals surface area contributed by atoms with Gasteiger partial charge in [0.05, 0.1) is 26.2 Å². The first-order chi connectivity index (χ1) is 14.3. The molecular weight excluding hydrogens is 447 g/mol. The van der Waals surface area contributed by atoms with Gasteiger partial charge in [0, 0.05) is 7.05 Å². The molecule has 0 unspecified atom stereocenters. The molecule has 0 bridgehead atoms. The van der Waals surface area contributed by atoms with Gasteiger partial charge in [0.1, 0.15) is 12.4 Å². The van der Waals surface area contributed by atoms with Crippen molar-refractivity contribution in [3.63, 3.8) is 0 Å². The highest BCUT2D eigenvalue weighted by Gasteiger charge is 2.30. The smallest absolute Gasteiger partial charge is 0.337 e. The van der Waals surface area contributed by atoms with Gasteiger partial charge in [0.25, 0.3) is 5.91 Å². The molecule has 1 amide bonds. The maximum absolute atomic E-state index is 12.6. The lowest BCUT2D eigenvalue weighted by Gasteiger charge is -2.08. The molecule has 1 N–H and O–H groups in total. The van der Waals surface area contributed by atoms with Crippen LogP contribution in [0.4, 0.5) is 5.69 Å². The average molecular weight is 463 g/mol. The molecular formula is C21H16Cl2N2O4S. The largest absolute Gasteiger partial charge is 0.488 e. The number of hydrogen-bond acceptors (Lipinski definition) is 5.